The van der Waals surface area contributed by atoms with Gasteiger partial charge in [-0.2, -0.15) is 0 Å². The summed E-state index contributed by atoms with van der Waals surface area (Å²) in [5, 5.41) is 0. The molecule has 3 nitrogen and oxygen atoms in total. The quantitative estimate of drug-likeness (QED) is 0.517. The number of imide groups is 1. The molecule has 70 valence electrons. The van der Waals surface area contributed by atoms with Crippen molar-refractivity contribution in [1.29, 1.82) is 0 Å². The van der Waals surface area contributed by atoms with Crippen molar-refractivity contribution < 1.29 is 9.59 Å². The van der Waals surface area contributed by atoms with Crippen molar-refractivity contribution >= 4 is 11.8 Å². The van der Waals surface area contributed by atoms with Crippen LogP contribution in [0.15, 0.2) is 0 Å². The molecular weight excluding hydrogens is 154 g/mol. The van der Waals surface area contributed by atoms with E-state index in [-0.39, 0.29) is 17.7 Å². The molecule has 0 aliphatic carbocycles. The molecule has 0 saturated carbocycles. The zero-order valence-corrected chi connectivity index (χ0v) is 8.26. The van der Waals surface area contributed by atoms with E-state index in [0.717, 1.165) is 0 Å². The van der Waals surface area contributed by atoms with Crippen molar-refractivity contribution in [1.82, 2.24) is 4.90 Å². The topological polar surface area (TPSA) is 37.4 Å². The molecule has 1 aliphatic heterocycles. The molecule has 0 atom stereocenters. The molecule has 0 spiro atoms. The second kappa shape index (κ2) is 4.91. The summed E-state index contributed by atoms with van der Waals surface area (Å²) in [6, 6.07) is 0. The van der Waals surface area contributed by atoms with Gasteiger partial charge in [0.05, 0.1) is 0 Å². The number of hydrogen-bond donors (Lipinski definition) is 0. The molecule has 1 fully saturated rings. The van der Waals surface area contributed by atoms with Crippen molar-refractivity contribution in [3.8, 4) is 0 Å². The summed E-state index contributed by atoms with van der Waals surface area (Å²) in [6.07, 6.45) is 1.03. The van der Waals surface area contributed by atoms with E-state index in [0.29, 0.717) is 12.8 Å². The van der Waals surface area contributed by atoms with Gasteiger partial charge in [0, 0.05) is 19.9 Å². The smallest absolute Gasteiger partial charge is 0.229 e. The minimum atomic E-state index is -0.0521. The average Bonchev–Trinajstić information content (AvgIpc) is 2.04. The Bertz CT molecular complexity index is 159. The van der Waals surface area contributed by atoms with Crippen molar-refractivity contribution in [2.45, 2.75) is 33.6 Å². The molecule has 0 unspecified atom stereocenters. The van der Waals surface area contributed by atoms with Gasteiger partial charge >= 0.3 is 0 Å². The van der Waals surface area contributed by atoms with Gasteiger partial charge in [-0.05, 0) is 5.92 Å². The maximum absolute atomic E-state index is 10.9. The second-order valence-electron chi connectivity index (χ2n) is 2.86. The Morgan fingerprint density at radius 3 is 1.83 bits per heavy atom. The van der Waals surface area contributed by atoms with Crippen LogP contribution in [0.2, 0.25) is 0 Å². The van der Waals surface area contributed by atoms with Gasteiger partial charge in [-0.3, -0.25) is 14.5 Å². The molecule has 1 aliphatic rings. The number of nitrogens with zero attached hydrogens (tertiary/aromatic N) is 1. The highest BCUT2D eigenvalue weighted by Crippen LogP contribution is 2.16. The van der Waals surface area contributed by atoms with Crippen molar-refractivity contribution in [3.63, 3.8) is 0 Å². The Morgan fingerprint density at radius 2 is 1.50 bits per heavy atom. The van der Waals surface area contributed by atoms with Gasteiger partial charge in [0.15, 0.2) is 0 Å². The number of amides is 2. The fourth-order valence-electron chi connectivity index (χ4n) is 1.08. The molecule has 1 saturated heterocycles. The van der Waals surface area contributed by atoms with E-state index < -0.39 is 0 Å². The van der Waals surface area contributed by atoms with Crippen LogP contribution >= 0.6 is 0 Å². The van der Waals surface area contributed by atoms with Crippen LogP contribution in [-0.2, 0) is 9.59 Å². The fraction of sp³-hybridized carbons (Fsp3) is 0.778. The van der Waals surface area contributed by atoms with E-state index in [2.05, 4.69) is 0 Å². The third kappa shape index (κ3) is 2.64. The first-order chi connectivity index (χ1) is 5.61. The van der Waals surface area contributed by atoms with Crippen LogP contribution in [0.1, 0.15) is 33.6 Å². The van der Waals surface area contributed by atoms with Crippen LogP contribution in [0.3, 0.4) is 0 Å². The van der Waals surface area contributed by atoms with Crippen LogP contribution in [0.5, 0.6) is 0 Å². The third-order valence-corrected chi connectivity index (χ3v) is 1.79. The first-order valence-electron chi connectivity index (χ1n) is 4.40. The zero-order chi connectivity index (χ0) is 9.72. The lowest BCUT2D eigenvalue weighted by molar-refractivity contribution is -0.147. The molecule has 0 bridgehead atoms. The van der Waals surface area contributed by atoms with Crippen molar-refractivity contribution in [2.75, 3.05) is 7.05 Å². The summed E-state index contributed by atoms with van der Waals surface area (Å²) in [4.78, 5) is 23.0. The van der Waals surface area contributed by atoms with E-state index in [4.69, 9.17) is 0 Å². The summed E-state index contributed by atoms with van der Waals surface area (Å²) in [7, 11) is 1.54. The Morgan fingerprint density at radius 1 is 1.17 bits per heavy atom. The van der Waals surface area contributed by atoms with Gasteiger partial charge in [-0.15, -0.1) is 0 Å². The zero-order valence-electron chi connectivity index (χ0n) is 8.26. The largest absolute Gasteiger partial charge is 0.286 e. The summed E-state index contributed by atoms with van der Waals surface area (Å²) < 4.78 is 0. The predicted octanol–water partition coefficient (Wildman–Crippen LogP) is 1.43. The lowest BCUT2D eigenvalue weighted by atomic mass is 9.98. The first-order valence-corrected chi connectivity index (χ1v) is 4.40. The monoisotopic (exact) mass is 171 g/mol. The minimum absolute atomic E-state index is 0.0521. The Kier molecular flexibility index (Phi) is 4.55. The second-order valence-corrected chi connectivity index (χ2v) is 2.86. The molecule has 0 radical (unpaired) electrons. The van der Waals surface area contributed by atoms with Crippen LogP contribution in [0, 0.1) is 5.92 Å². The average molecular weight is 171 g/mol. The number of hydrogen-bond acceptors (Lipinski definition) is 2. The molecule has 0 N–H and O–H groups in total. The normalized spacial score (nSPS) is 18.8. The molecule has 0 aromatic rings. The maximum Gasteiger partial charge on any atom is 0.229 e. The van der Waals surface area contributed by atoms with Gasteiger partial charge in [0.1, 0.15) is 0 Å². The van der Waals surface area contributed by atoms with Gasteiger partial charge in [-0.25, -0.2) is 0 Å². The van der Waals surface area contributed by atoms with Crippen LogP contribution in [0.25, 0.3) is 0 Å². The van der Waals surface area contributed by atoms with E-state index in [1.165, 1.54) is 11.9 Å². The molecule has 0 aromatic heterocycles. The maximum atomic E-state index is 10.9. The van der Waals surface area contributed by atoms with Crippen LogP contribution in [0.4, 0.5) is 0 Å². The molecule has 3 heteroatoms. The Labute approximate surface area is 73.7 Å². The molecular formula is C9H17NO2. The Balaban J connectivity index is 0.000000561. The van der Waals surface area contributed by atoms with Gasteiger partial charge in [-0.1, -0.05) is 20.8 Å². The van der Waals surface area contributed by atoms with Crippen LogP contribution < -0.4 is 0 Å². The van der Waals surface area contributed by atoms with E-state index in [1.54, 1.807) is 0 Å². The van der Waals surface area contributed by atoms with Gasteiger partial charge < -0.3 is 0 Å². The lowest BCUT2D eigenvalue weighted by Crippen LogP contribution is -2.39. The molecule has 1 heterocycles. The number of carbonyl (C=O) groups is 2. The van der Waals surface area contributed by atoms with Gasteiger partial charge in [0.2, 0.25) is 11.8 Å². The highest BCUT2D eigenvalue weighted by molar-refractivity contribution is 5.97. The number of piperidine rings is 1. The Hall–Kier alpha value is -0.860. The predicted molar refractivity (Wildman–Crippen MR) is 47.5 cm³/mol. The number of carbonyl (C=O) groups excluding carboxylic acids is 2. The standard InChI is InChI=1S/C7H11NO2.C2H6/c1-5-3-6(9)8(2)7(10)4-5;1-2/h5H,3-4H2,1-2H3;1-2H3. The van der Waals surface area contributed by atoms with E-state index in [1.807, 2.05) is 20.8 Å². The van der Waals surface area contributed by atoms with E-state index >= 15 is 0 Å². The summed E-state index contributed by atoms with van der Waals surface area (Å²) in [5.74, 6) is 0.128. The molecule has 0 aromatic carbocycles. The molecule has 1 rings (SSSR count). The SMILES string of the molecule is CC.CC1CC(=O)N(C)C(=O)C1. The molecule has 2 amide bonds. The summed E-state index contributed by atoms with van der Waals surface area (Å²) >= 11 is 0. The van der Waals surface area contributed by atoms with Crippen molar-refractivity contribution in [2.24, 2.45) is 5.92 Å². The minimum Gasteiger partial charge on any atom is -0.286 e. The highest BCUT2D eigenvalue weighted by atomic mass is 16.2. The first kappa shape index (κ1) is 11.1. The van der Waals surface area contributed by atoms with Crippen molar-refractivity contribution in [3.05, 3.63) is 0 Å². The van der Waals surface area contributed by atoms with E-state index in [9.17, 15) is 9.59 Å². The summed E-state index contributed by atoms with van der Waals surface area (Å²) in [5.41, 5.74) is 0. The third-order valence-electron chi connectivity index (χ3n) is 1.79. The highest BCUT2D eigenvalue weighted by Gasteiger charge is 2.26. The fourth-order valence-corrected chi connectivity index (χ4v) is 1.08. The number of likely N-dealkylation sites (tertiary alicyclic amines) is 1. The lowest BCUT2D eigenvalue weighted by Gasteiger charge is -2.24. The van der Waals surface area contributed by atoms with Gasteiger partial charge in [0.25, 0.3) is 0 Å². The molecule has 12 heavy (non-hydrogen) atoms. The summed E-state index contributed by atoms with van der Waals surface area (Å²) in [6.45, 7) is 5.92. The number of rotatable bonds is 0. The van der Waals surface area contributed by atoms with Crippen LogP contribution in [-0.4, -0.2) is 23.8 Å².